The third-order valence-corrected chi connectivity index (χ3v) is 7.04. The van der Waals surface area contributed by atoms with Crippen molar-refractivity contribution < 1.29 is 0 Å². The van der Waals surface area contributed by atoms with Crippen molar-refractivity contribution in [2.75, 3.05) is 0 Å². The molecule has 0 saturated heterocycles. The summed E-state index contributed by atoms with van der Waals surface area (Å²) in [6.07, 6.45) is 15.2. The third-order valence-electron chi connectivity index (χ3n) is 7.04. The van der Waals surface area contributed by atoms with Crippen LogP contribution in [0.3, 0.4) is 0 Å². The van der Waals surface area contributed by atoms with E-state index in [0.717, 1.165) is 41.7 Å². The minimum atomic E-state index is 0.780. The molecule has 4 bridgehead atoms. The largest absolute Gasteiger partial charge is 0.311 e. The molecule has 5 rings (SSSR count). The first-order chi connectivity index (χ1) is 9.29. The Balaban J connectivity index is 1.39. The second kappa shape index (κ2) is 5.06. The van der Waals surface area contributed by atoms with E-state index in [1.165, 1.54) is 32.1 Å². The van der Waals surface area contributed by atoms with E-state index in [-0.39, 0.29) is 0 Å². The van der Waals surface area contributed by atoms with Crippen molar-refractivity contribution in [2.24, 2.45) is 29.6 Å². The van der Waals surface area contributed by atoms with Crippen molar-refractivity contribution >= 4 is 0 Å². The fourth-order valence-electron chi connectivity index (χ4n) is 6.27. The predicted octanol–water partition coefficient (Wildman–Crippen LogP) is 4.37. The van der Waals surface area contributed by atoms with Crippen LogP contribution in [0.5, 0.6) is 0 Å². The Labute approximate surface area is 118 Å². The molecule has 0 aromatic carbocycles. The molecular formula is C18H31N. The van der Waals surface area contributed by atoms with Crippen LogP contribution in [0.4, 0.5) is 0 Å². The molecule has 19 heavy (non-hydrogen) atoms. The molecule has 1 heteroatoms. The molecule has 0 aliphatic heterocycles. The molecule has 0 aromatic heterocycles. The number of nitrogens with one attached hydrogen (secondary N) is 1. The van der Waals surface area contributed by atoms with Crippen LogP contribution in [0.1, 0.15) is 71.1 Å². The standard InChI is InChI=1S/C18H31N/c1-12(15-5-3-2-4-6-15)19-18-16-8-13-7-14(10-16)11-17(18)9-13/h12-19H,2-11H2,1H3/t12-,13?,14?,16?,17?,18?/m1/s1. The van der Waals surface area contributed by atoms with Crippen LogP contribution in [0.2, 0.25) is 0 Å². The van der Waals surface area contributed by atoms with Gasteiger partial charge in [0.25, 0.3) is 0 Å². The summed E-state index contributed by atoms with van der Waals surface area (Å²) < 4.78 is 0. The maximum Gasteiger partial charge on any atom is 0.0127 e. The average Bonchev–Trinajstić information content (AvgIpc) is 2.43. The van der Waals surface area contributed by atoms with Gasteiger partial charge in [-0.25, -0.2) is 0 Å². The maximum absolute atomic E-state index is 4.13. The first kappa shape index (κ1) is 12.7. The van der Waals surface area contributed by atoms with Crippen LogP contribution in [-0.2, 0) is 0 Å². The van der Waals surface area contributed by atoms with E-state index in [1.807, 2.05) is 0 Å². The van der Waals surface area contributed by atoms with Gasteiger partial charge in [-0.15, -0.1) is 0 Å². The molecular weight excluding hydrogens is 230 g/mol. The van der Waals surface area contributed by atoms with Gasteiger partial charge in [0.2, 0.25) is 0 Å². The topological polar surface area (TPSA) is 12.0 Å². The molecule has 1 nitrogen and oxygen atoms in total. The highest BCUT2D eigenvalue weighted by molar-refractivity contribution is 5.02. The van der Waals surface area contributed by atoms with Gasteiger partial charge in [0.1, 0.15) is 0 Å². The molecule has 5 fully saturated rings. The molecule has 0 amide bonds. The lowest BCUT2D eigenvalue weighted by Gasteiger charge is -2.55. The molecule has 5 saturated carbocycles. The Kier molecular flexibility index (Phi) is 3.38. The van der Waals surface area contributed by atoms with E-state index in [4.69, 9.17) is 0 Å². The van der Waals surface area contributed by atoms with E-state index < -0.39 is 0 Å². The predicted molar refractivity (Wildman–Crippen MR) is 80.0 cm³/mol. The number of hydrogen-bond donors (Lipinski definition) is 1. The van der Waals surface area contributed by atoms with Gasteiger partial charge in [0, 0.05) is 12.1 Å². The van der Waals surface area contributed by atoms with Crippen molar-refractivity contribution in [1.82, 2.24) is 5.32 Å². The Morgan fingerprint density at radius 3 is 1.95 bits per heavy atom. The summed E-state index contributed by atoms with van der Waals surface area (Å²) >= 11 is 0. The van der Waals surface area contributed by atoms with Gasteiger partial charge in [0.15, 0.2) is 0 Å². The molecule has 0 spiro atoms. The highest BCUT2D eigenvalue weighted by atomic mass is 15.0. The summed E-state index contributed by atoms with van der Waals surface area (Å²) in [6.45, 7) is 2.49. The van der Waals surface area contributed by atoms with Gasteiger partial charge >= 0.3 is 0 Å². The highest BCUT2D eigenvalue weighted by Gasteiger charge is 2.48. The van der Waals surface area contributed by atoms with Gasteiger partial charge in [0.05, 0.1) is 0 Å². The second-order valence-corrected chi connectivity index (χ2v) is 8.31. The Bertz CT molecular complexity index is 290. The third kappa shape index (κ3) is 2.37. The van der Waals surface area contributed by atoms with Crippen LogP contribution in [0, 0.1) is 29.6 Å². The number of hydrogen-bond acceptors (Lipinski definition) is 1. The normalized spacial score (nSPS) is 47.5. The number of rotatable bonds is 3. The zero-order valence-corrected chi connectivity index (χ0v) is 12.6. The lowest BCUT2D eigenvalue weighted by Crippen LogP contribution is -2.57. The van der Waals surface area contributed by atoms with Crippen LogP contribution in [0.25, 0.3) is 0 Å². The average molecular weight is 261 g/mol. The quantitative estimate of drug-likeness (QED) is 0.795. The molecule has 0 unspecified atom stereocenters. The molecule has 108 valence electrons. The minimum Gasteiger partial charge on any atom is -0.311 e. The summed E-state index contributed by atoms with van der Waals surface area (Å²) in [7, 11) is 0. The fraction of sp³-hybridized carbons (Fsp3) is 1.00. The fourth-order valence-corrected chi connectivity index (χ4v) is 6.27. The Hall–Kier alpha value is -0.0400. The van der Waals surface area contributed by atoms with E-state index in [1.54, 1.807) is 32.1 Å². The summed E-state index contributed by atoms with van der Waals surface area (Å²) in [5, 5.41) is 4.13. The lowest BCUT2D eigenvalue weighted by molar-refractivity contribution is -0.0202. The van der Waals surface area contributed by atoms with Crippen molar-refractivity contribution in [2.45, 2.75) is 83.2 Å². The zero-order valence-electron chi connectivity index (χ0n) is 12.6. The van der Waals surface area contributed by atoms with Crippen LogP contribution >= 0.6 is 0 Å². The van der Waals surface area contributed by atoms with Crippen molar-refractivity contribution in [1.29, 1.82) is 0 Å². The lowest BCUT2D eigenvalue weighted by atomic mass is 9.54. The van der Waals surface area contributed by atoms with Gasteiger partial charge in [-0.3, -0.25) is 0 Å². The summed E-state index contributed by atoms with van der Waals surface area (Å²) in [5.41, 5.74) is 0. The van der Waals surface area contributed by atoms with Crippen molar-refractivity contribution in [3.05, 3.63) is 0 Å². The van der Waals surface area contributed by atoms with E-state index >= 15 is 0 Å². The van der Waals surface area contributed by atoms with Crippen molar-refractivity contribution in [3.8, 4) is 0 Å². The summed E-state index contributed by atoms with van der Waals surface area (Å²) in [5.74, 6) is 5.30. The maximum atomic E-state index is 4.13. The van der Waals surface area contributed by atoms with E-state index in [9.17, 15) is 0 Å². The SMILES string of the molecule is C[C@@H](NC1C2CC3CC(C2)CC1C3)C1CCCCC1. The first-order valence-corrected chi connectivity index (χ1v) is 9.05. The molecule has 0 heterocycles. The second-order valence-electron chi connectivity index (χ2n) is 8.31. The monoisotopic (exact) mass is 261 g/mol. The summed E-state index contributed by atoms with van der Waals surface area (Å²) in [6, 6.07) is 1.67. The first-order valence-electron chi connectivity index (χ1n) is 9.05. The molecule has 0 radical (unpaired) electrons. The Morgan fingerprint density at radius 1 is 0.789 bits per heavy atom. The molecule has 0 aromatic rings. The van der Waals surface area contributed by atoms with Crippen LogP contribution in [0.15, 0.2) is 0 Å². The van der Waals surface area contributed by atoms with Gasteiger partial charge < -0.3 is 5.32 Å². The van der Waals surface area contributed by atoms with Gasteiger partial charge in [-0.1, -0.05) is 19.3 Å². The molecule has 5 aliphatic carbocycles. The molecule has 5 aliphatic rings. The van der Waals surface area contributed by atoms with Gasteiger partial charge in [-0.05, 0) is 81.5 Å². The van der Waals surface area contributed by atoms with Crippen molar-refractivity contribution in [3.63, 3.8) is 0 Å². The molecule has 1 N–H and O–H groups in total. The highest BCUT2D eigenvalue weighted by Crippen LogP contribution is 2.53. The smallest absolute Gasteiger partial charge is 0.0127 e. The van der Waals surface area contributed by atoms with Crippen LogP contribution < -0.4 is 5.32 Å². The molecule has 1 atom stereocenters. The summed E-state index contributed by atoms with van der Waals surface area (Å²) in [4.78, 5) is 0. The zero-order chi connectivity index (χ0) is 12.8. The van der Waals surface area contributed by atoms with Crippen LogP contribution in [-0.4, -0.2) is 12.1 Å². The van der Waals surface area contributed by atoms with E-state index in [0.29, 0.717) is 0 Å². The van der Waals surface area contributed by atoms with E-state index in [2.05, 4.69) is 12.2 Å². The Morgan fingerprint density at radius 2 is 1.37 bits per heavy atom. The minimum absolute atomic E-state index is 0.780. The van der Waals surface area contributed by atoms with Gasteiger partial charge in [-0.2, -0.15) is 0 Å².